The van der Waals surface area contributed by atoms with Gasteiger partial charge in [0.25, 0.3) is 0 Å². The van der Waals surface area contributed by atoms with Crippen molar-refractivity contribution in [2.45, 2.75) is 59.5 Å². The first-order valence-corrected chi connectivity index (χ1v) is 10.1. The highest BCUT2D eigenvalue weighted by Crippen LogP contribution is 2.66. The van der Waals surface area contributed by atoms with Crippen LogP contribution < -0.4 is 0 Å². The predicted octanol–water partition coefficient (Wildman–Crippen LogP) is 2.91. The molecule has 3 rings (SSSR count). The molecule has 26 heavy (non-hydrogen) atoms. The molecule has 1 heterocycles. The van der Waals surface area contributed by atoms with E-state index in [4.69, 9.17) is 9.47 Å². The number of hydrogen-bond donors (Lipinski definition) is 0. The summed E-state index contributed by atoms with van der Waals surface area (Å²) in [7, 11) is 0. The summed E-state index contributed by atoms with van der Waals surface area (Å²) in [5.41, 5.74) is 0.389. The molecule has 0 aromatic rings. The van der Waals surface area contributed by atoms with Crippen LogP contribution in [0.15, 0.2) is 0 Å². The molecule has 6 heteroatoms. The minimum absolute atomic E-state index is 0.0735. The van der Waals surface area contributed by atoms with E-state index in [1.54, 1.807) is 4.90 Å². The van der Waals surface area contributed by atoms with Crippen molar-refractivity contribution >= 4 is 12.1 Å². The number of fused-ring (bicyclic) bond motifs is 2. The SMILES string of the molecule is CCOC(=O)N1CCN(CCC(=O)O[C@@H]2C[C@@H]3CC[C@@]2(C)C3(C)C)CC1. The molecule has 3 fully saturated rings. The summed E-state index contributed by atoms with van der Waals surface area (Å²) in [5, 5.41) is 0. The molecule has 1 saturated heterocycles. The maximum Gasteiger partial charge on any atom is 0.409 e. The van der Waals surface area contributed by atoms with E-state index in [2.05, 4.69) is 25.7 Å². The lowest BCUT2D eigenvalue weighted by Gasteiger charge is -2.38. The molecule has 3 aliphatic rings. The monoisotopic (exact) mass is 366 g/mol. The Morgan fingerprint density at radius 3 is 2.35 bits per heavy atom. The van der Waals surface area contributed by atoms with Gasteiger partial charge >= 0.3 is 12.1 Å². The Balaban J connectivity index is 1.40. The zero-order valence-corrected chi connectivity index (χ0v) is 16.8. The topological polar surface area (TPSA) is 59.1 Å². The van der Waals surface area contributed by atoms with Gasteiger partial charge in [-0.1, -0.05) is 20.8 Å². The normalized spacial score (nSPS) is 33.3. The summed E-state index contributed by atoms with van der Waals surface area (Å²) in [5.74, 6) is 0.605. The summed E-state index contributed by atoms with van der Waals surface area (Å²) in [6.45, 7) is 12.8. The van der Waals surface area contributed by atoms with E-state index < -0.39 is 0 Å². The van der Waals surface area contributed by atoms with Gasteiger partial charge in [-0.05, 0) is 37.5 Å². The Labute approximate surface area is 157 Å². The molecule has 1 amide bonds. The first-order valence-electron chi connectivity index (χ1n) is 10.1. The van der Waals surface area contributed by atoms with Crippen LogP contribution in [0.4, 0.5) is 4.79 Å². The van der Waals surface area contributed by atoms with E-state index in [-0.39, 0.29) is 29.0 Å². The Hall–Kier alpha value is -1.30. The second-order valence-corrected chi connectivity index (χ2v) is 8.87. The molecule has 148 valence electrons. The maximum atomic E-state index is 12.4. The third-order valence-corrected chi connectivity index (χ3v) is 7.52. The Morgan fingerprint density at radius 2 is 1.81 bits per heavy atom. The van der Waals surface area contributed by atoms with Gasteiger partial charge in [0.2, 0.25) is 0 Å². The number of carbonyl (C=O) groups is 2. The maximum absolute atomic E-state index is 12.4. The third-order valence-electron chi connectivity index (χ3n) is 7.52. The molecular formula is C20H34N2O4. The Kier molecular flexibility index (Phi) is 5.52. The van der Waals surface area contributed by atoms with E-state index in [9.17, 15) is 9.59 Å². The Morgan fingerprint density at radius 1 is 1.12 bits per heavy atom. The number of nitrogens with zero attached hydrogens (tertiary/aromatic N) is 2. The average molecular weight is 367 g/mol. The fourth-order valence-electron chi connectivity index (χ4n) is 5.14. The van der Waals surface area contributed by atoms with Crippen molar-refractivity contribution in [3.05, 3.63) is 0 Å². The van der Waals surface area contributed by atoms with Gasteiger partial charge in [0, 0.05) is 38.1 Å². The number of hydrogen-bond acceptors (Lipinski definition) is 5. The first kappa shape index (κ1) is 19.5. The van der Waals surface area contributed by atoms with E-state index in [1.165, 1.54) is 12.8 Å². The van der Waals surface area contributed by atoms with Gasteiger partial charge < -0.3 is 14.4 Å². The van der Waals surface area contributed by atoms with E-state index in [1.807, 2.05) is 6.92 Å². The van der Waals surface area contributed by atoms with Gasteiger partial charge in [-0.3, -0.25) is 9.69 Å². The minimum atomic E-state index is -0.237. The summed E-state index contributed by atoms with van der Waals surface area (Å²) < 4.78 is 11.0. The molecule has 0 unspecified atom stereocenters. The lowest BCUT2D eigenvalue weighted by Crippen LogP contribution is -2.49. The summed E-state index contributed by atoms with van der Waals surface area (Å²) >= 11 is 0. The number of carbonyl (C=O) groups excluding carboxylic acids is 2. The van der Waals surface area contributed by atoms with Crippen LogP contribution >= 0.6 is 0 Å². The van der Waals surface area contributed by atoms with Crippen molar-refractivity contribution in [2.75, 3.05) is 39.3 Å². The largest absolute Gasteiger partial charge is 0.462 e. The van der Waals surface area contributed by atoms with Gasteiger partial charge in [0.15, 0.2) is 0 Å². The molecule has 2 bridgehead atoms. The summed E-state index contributed by atoms with van der Waals surface area (Å²) in [6, 6.07) is 0. The minimum Gasteiger partial charge on any atom is -0.462 e. The van der Waals surface area contributed by atoms with Crippen LogP contribution in [-0.2, 0) is 14.3 Å². The lowest BCUT2D eigenvalue weighted by atomic mass is 9.70. The van der Waals surface area contributed by atoms with Crippen molar-refractivity contribution in [3.8, 4) is 0 Å². The van der Waals surface area contributed by atoms with Crippen molar-refractivity contribution in [2.24, 2.45) is 16.7 Å². The molecule has 0 N–H and O–H groups in total. The quantitative estimate of drug-likeness (QED) is 0.700. The number of esters is 1. The third kappa shape index (κ3) is 3.45. The van der Waals surface area contributed by atoms with Crippen molar-refractivity contribution in [3.63, 3.8) is 0 Å². The van der Waals surface area contributed by atoms with Gasteiger partial charge in [-0.25, -0.2) is 4.79 Å². The highest BCUT2D eigenvalue weighted by atomic mass is 16.6. The standard InChI is InChI=1S/C20H34N2O4/c1-5-25-18(24)22-12-10-21(11-13-22)9-7-17(23)26-16-14-15-6-8-20(16,4)19(15,2)3/h15-16H,5-14H2,1-4H3/t15-,16+,20+/m0/s1. The zero-order chi connectivity index (χ0) is 18.9. The fraction of sp³-hybridized carbons (Fsp3) is 0.900. The van der Waals surface area contributed by atoms with Crippen molar-refractivity contribution < 1.29 is 19.1 Å². The highest BCUT2D eigenvalue weighted by Gasteiger charge is 2.62. The summed E-state index contributed by atoms with van der Waals surface area (Å²) in [6.07, 6.45) is 3.72. The molecule has 0 aromatic heterocycles. The highest BCUT2D eigenvalue weighted by molar-refractivity contribution is 5.70. The fourth-order valence-corrected chi connectivity index (χ4v) is 5.14. The van der Waals surface area contributed by atoms with Crippen LogP contribution in [0.3, 0.4) is 0 Å². The summed E-state index contributed by atoms with van der Waals surface area (Å²) in [4.78, 5) is 28.1. The van der Waals surface area contributed by atoms with Crippen LogP contribution in [0.1, 0.15) is 53.4 Å². The number of ether oxygens (including phenoxy) is 2. The number of rotatable bonds is 5. The van der Waals surface area contributed by atoms with Crippen LogP contribution in [0.5, 0.6) is 0 Å². The second kappa shape index (κ2) is 7.37. The second-order valence-electron chi connectivity index (χ2n) is 8.87. The van der Waals surface area contributed by atoms with Gasteiger partial charge in [0.1, 0.15) is 6.10 Å². The molecule has 6 nitrogen and oxygen atoms in total. The average Bonchev–Trinajstić information content (AvgIpc) is 2.94. The molecule has 0 radical (unpaired) electrons. The lowest BCUT2D eigenvalue weighted by molar-refractivity contribution is -0.157. The van der Waals surface area contributed by atoms with Crippen molar-refractivity contribution in [1.82, 2.24) is 9.80 Å². The molecule has 2 aliphatic carbocycles. The van der Waals surface area contributed by atoms with Gasteiger partial charge in [-0.15, -0.1) is 0 Å². The Bertz CT molecular complexity index is 542. The molecule has 0 spiro atoms. The van der Waals surface area contributed by atoms with Crippen LogP contribution in [0.25, 0.3) is 0 Å². The molecule has 2 saturated carbocycles. The molecular weight excluding hydrogens is 332 g/mol. The van der Waals surface area contributed by atoms with Gasteiger partial charge in [0.05, 0.1) is 13.0 Å². The molecule has 1 aliphatic heterocycles. The van der Waals surface area contributed by atoms with Crippen LogP contribution in [0.2, 0.25) is 0 Å². The number of amides is 1. The van der Waals surface area contributed by atoms with E-state index in [0.717, 1.165) is 19.5 Å². The molecule has 0 aromatic carbocycles. The van der Waals surface area contributed by atoms with Crippen molar-refractivity contribution in [1.29, 1.82) is 0 Å². The predicted molar refractivity (Wildman–Crippen MR) is 98.8 cm³/mol. The van der Waals surface area contributed by atoms with E-state index >= 15 is 0 Å². The first-order chi connectivity index (χ1) is 12.3. The smallest absolute Gasteiger partial charge is 0.409 e. The van der Waals surface area contributed by atoms with Crippen LogP contribution in [-0.4, -0.2) is 67.3 Å². The number of piperazine rings is 1. The van der Waals surface area contributed by atoms with Gasteiger partial charge in [-0.2, -0.15) is 0 Å². The van der Waals surface area contributed by atoms with Crippen LogP contribution in [0, 0.1) is 16.7 Å². The zero-order valence-electron chi connectivity index (χ0n) is 16.8. The van der Waals surface area contributed by atoms with E-state index in [0.29, 0.717) is 38.6 Å². The molecule has 3 atom stereocenters.